The van der Waals surface area contributed by atoms with E-state index >= 15 is 0 Å². The largest absolute Gasteiger partial charge is 0.469 e. The molecule has 0 spiro atoms. The molecule has 3 heterocycles. The van der Waals surface area contributed by atoms with Gasteiger partial charge in [0.1, 0.15) is 11.3 Å². The minimum Gasteiger partial charge on any atom is -0.469 e. The van der Waals surface area contributed by atoms with Crippen molar-refractivity contribution in [2.75, 3.05) is 5.32 Å². The summed E-state index contributed by atoms with van der Waals surface area (Å²) in [6.07, 6.45) is 5.05. The van der Waals surface area contributed by atoms with Gasteiger partial charge in [-0.3, -0.25) is 0 Å². The van der Waals surface area contributed by atoms with Crippen LogP contribution >= 0.6 is 11.6 Å². The Kier molecular flexibility index (Phi) is 3.56. The molecule has 0 aliphatic rings. The van der Waals surface area contributed by atoms with Crippen molar-refractivity contribution in [2.24, 2.45) is 0 Å². The van der Waals surface area contributed by atoms with Gasteiger partial charge in [-0.2, -0.15) is 9.97 Å². The van der Waals surface area contributed by atoms with E-state index in [-0.39, 0.29) is 11.3 Å². The summed E-state index contributed by atoms with van der Waals surface area (Å²) in [7, 11) is 0. The molecular formula is C13H14ClN5O. The second-order valence-corrected chi connectivity index (χ2v) is 4.94. The van der Waals surface area contributed by atoms with Gasteiger partial charge < -0.3 is 14.7 Å². The maximum Gasteiger partial charge on any atom is 0.226 e. The molecule has 0 saturated carbocycles. The molecule has 7 heteroatoms. The lowest BCUT2D eigenvalue weighted by molar-refractivity contribution is 0.495. The summed E-state index contributed by atoms with van der Waals surface area (Å²) < 4.78 is 5.32. The third-order valence-electron chi connectivity index (χ3n) is 3.05. The van der Waals surface area contributed by atoms with Crippen LogP contribution in [0, 0.1) is 0 Å². The molecule has 6 nitrogen and oxygen atoms in total. The summed E-state index contributed by atoms with van der Waals surface area (Å²) in [4.78, 5) is 15.4. The number of H-pyrrole nitrogens is 1. The zero-order valence-electron chi connectivity index (χ0n) is 10.9. The first-order valence-electron chi connectivity index (χ1n) is 6.38. The number of aromatic amines is 1. The first kappa shape index (κ1) is 12.9. The van der Waals surface area contributed by atoms with E-state index in [9.17, 15) is 0 Å². The topological polar surface area (TPSA) is 79.6 Å². The van der Waals surface area contributed by atoms with Crippen LogP contribution in [0.2, 0.25) is 5.28 Å². The number of fused-ring (bicyclic) bond motifs is 1. The van der Waals surface area contributed by atoms with Crippen LogP contribution in [0.1, 0.15) is 19.1 Å². The summed E-state index contributed by atoms with van der Waals surface area (Å²) >= 11 is 5.89. The average molecular weight is 292 g/mol. The van der Waals surface area contributed by atoms with Crippen LogP contribution in [0.4, 0.5) is 5.82 Å². The molecule has 0 bridgehead atoms. The van der Waals surface area contributed by atoms with Crippen LogP contribution in [0.3, 0.4) is 0 Å². The zero-order chi connectivity index (χ0) is 13.9. The van der Waals surface area contributed by atoms with Gasteiger partial charge in [-0.15, -0.1) is 0 Å². The molecule has 0 amide bonds. The van der Waals surface area contributed by atoms with Gasteiger partial charge in [-0.05, 0) is 37.1 Å². The van der Waals surface area contributed by atoms with E-state index in [2.05, 4.69) is 32.2 Å². The Morgan fingerprint density at radius 2 is 2.35 bits per heavy atom. The first-order chi connectivity index (χ1) is 9.72. The van der Waals surface area contributed by atoms with Crippen LogP contribution in [-0.2, 0) is 6.42 Å². The van der Waals surface area contributed by atoms with Gasteiger partial charge in [0.15, 0.2) is 11.5 Å². The van der Waals surface area contributed by atoms with Gasteiger partial charge in [0, 0.05) is 12.5 Å². The van der Waals surface area contributed by atoms with Crippen molar-refractivity contribution in [2.45, 2.75) is 25.8 Å². The molecule has 0 fully saturated rings. The summed E-state index contributed by atoms with van der Waals surface area (Å²) in [5.74, 6) is 1.65. The van der Waals surface area contributed by atoms with Crippen LogP contribution in [0.15, 0.2) is 29.1 Å². The Hall–Kier alpha value is -2.08. The third-order valence-corrected chi connectivity index (χ3v) is 3.21. The molecule has 1 atom stereocenters. The lowest BCUT2D eigenvalue weighted by atomic mass is 10.1. The van der Waals surface area contributed by atoms with Gasteiger partial charge >= 0.3 is 0 Å². The van der Waals surface area contributed by atoms with Crippen LogP contribution in [-0.4, -0.2) is 26.0 Å². The summed E-state index contributed by atoms with van der Waals surface area (Å²) in [6, 6.07) is 4.09. The first-order valence-corrected chi connectivity index (χ1v) is 6.75. The number of anilines is 1. The highest BCUT2D eigenvalue weighted by Gasteiger charge is 2.11. The lowest BCUT2D eigenvalue weighted by Crippen LogP contribution is -2.17. The second-order valence-electron chi connectivity index (χ2n) is 4.61. The minimum atomic E-state index is 0.185. The third kappa shape index (κ3) is 2.75. The van der Waals surface area contributed by atoms with Gasteiger partial charge in [0.25, 0.3) is 0 Å². The molecular weight excluding hydrogens is 278 g/mol. The number of aromatic nitrogens is 4. The SMILES string of the molecule is CC(CCc1ccco1)Nc1nc(Cl)nc2nc[nH]c12. The van der Waals surface area contributed by atoms with Crippen molar-refractivity contribution in [3.8, 4) is 0 Å². The van der Waals surface area contributed by atoms with E-state index in [1.165, 1.54) is 0 Å². The molecule has 3 rings (SSSR count). The highest BCUT2D eigenvalue weighted by molar-refractivity contribution is 6.28. The van der Waals surface area contributed by atoms with Crippen molar-refractivity contribution in [1.29, 1.82) is 0 Å². The monoisotopic (exact) mass is 291 g/mol. The number of halogens is 1. The fourth-order valence-electron chi connectivity index (χ4n) is 2.03. The van der Waals surface area contributed by atoms with E-state index in [0.717, 1.165) is 24.1 Å². The quantitative estimate of drug-likeness (QED) is 0.706. The van der Waals surface area contributed by atoms with Crippen LogP contribution in [0.25, 0.3) is 11.2 Å². The number of rotatable bonds is 5. The standard InChI is InChI=1S/C13H14ClN5O/c1-8(4-5-9-3-2-6-20-9)17-12-10-11(16-7-15-10)18-13(14)19-12/h2-3,6-8H,4-5H2,1H3,(H2,15,16,17,18,19). The van der Waals surface area contributed by atoms with Gasteiger partial charge in [-0.25, -0.2) is 4.98 Å². The molecule has 2 N–H and O–H groups in total. The molecule has 1 unspecified atom stereocenters. The van der Waals surface area contributed by atoms with Crippen LogP contribution in [0.5, 0.6) is 0 Å². The predicted octanol–water partition coefficient (Wildman–Crippen LogP) is 3.03. The molecule has 20 heavy (non-hydrogen) atoms. The predicted molar refractivity (Wildman–Crippen MR) is 76.8 cm³/mol. The Balaban J connectivity index is 1.70. The van der Waals surface area contributed by atoms with Crippen molar-refractivity contribution < 1.29 is 4.42 Å². The van der Waals surface area contributed by atoms with Gasteiger partial charge in [-0.1, -0.05) is 0 Å². The molecule has 3 aromatic rings. The smallest absolute Gasteiger partial charge is 0.226 e. The van der Waals surface area contributed by atoms with Crippen molar-refractivity contribution in [3.05, 3.63) is 35.8 Å². The molecule has 0 aliphatic heterocycles. The van der Waals surface area contributed by atoms with Crippen LogP contribution < -0.4 is 5.32 Å². The second kappa shape index (κ2) is 5.50. The Morgan fingerprint density at radius 3 is 3.15 bits per heavy atom. The highest BCUT2D eigenvalue weighted by Crippen LogP contribution is 2.20. The Morgan fingerprint density at radius 1 is 1.45 bits per heavy atom. The molecule has 0 aromatic carbocycles. The van der Waals surface area contributed by atoms with Gasteiger partial charge in [0.2, 0.25) is 5.28 Å². The number of nitrogens with one attached hydrogen (secondary N) is 2. The Labute approximate surface area is 120 Å². The average Bonchev–Trinajstić information content (AvgIpc) is 3.06. The van der Waals surface area contributed by atoms with Crippen molar-refractivity contribution in [3.63, 3.8) is 0 Å². The fourth-order valence-corrected chi connectivity index (χ4v) is 2.19. The maximum absolute atomic E-state index is 5.89. The van der Waals surface area contributed by atoms with Gasteiger partial charge in [0.05, 0.1) is 12.6 Å². The summed E-state index contributed by atoms with van der Waals surface area (Å²) in [6.45, 7) is 2.08. The lowest BCUT2D eigenvalue weighted by Gasteiger charge is -2.14. The van der Waals surface area contributed by atoms with E-state index < -0.39 is 0 Å². The zero-order valence-corrected chi connectivity index (χ0v) is 11.7. The van der Waals surface area contributed by atoms with E-state index in [4.69, 9.17) is 16.0 Å². The van der Waals surface area contributed by atoms with Crippen molar-refractivity contribution >= 4 is 28.6 Å². The number of hydrogen-bond acceptors (Lipinski definition) is 5. The maximum atomic E-state index is 5.89. The highest BCUT2D eigenvalue weighted by atomic mass is 35.5. The molecule has 0 saturated heterocycles. The summed E-state index contributed by atoms with van der Waals surface area (Å²) in [5.41, 5.74) is 1.32. The minimum absolute atomic E-state index is 0.185. The number of imidazole rings is 1. The number of nitrogens with zero attached hydrogens (tertiary/aromatic N) is 3. The number of hydrogen-bond donors (Lipinski definition) is 2. The molecule has 0 radical (unpaired) electrons. The number of furan rings is 1. The Bertz CT molecular complexity index is 694. The summed E-state index contributed by atoms with van der Waals surface area (Å²) in [5, 5.41) is 3.51. The van der Waals surface area contributed by atoms with Crippen molar-refractivity contribution in [1.82, 2.24) is 19.9 Å². The number of aryl methyl sites for hydroxylation is 1. The molecule has 104 valence electrons. The van der Waals surface area contributed by atoms with E-state index in [1.54, 1.807) is 12.6 Å². The normalized spacial score (nSPS) is 12.7. The van der Waals surface area contributed by atoms with E-state index in [0.29, 0.717) is 11.5 Å². The van der Waals surface area contributed by atoms with E-state index in [1.807, 2.05) is 12.1 Å². The fraction of sp³-hybridized carbons (Fsp3) is 0.308. The molecule has 3 aromatic heterocycles. The molecule has 0 aliphatic carbocycles.